The largest absolute Gasteiger partial charge is 0.384 e. The van der Waals surface area contributed by atoms with Gasteiger partial charge in [-0.25, -0.2) is 0 Å². The number of hydrogen-bond acceptors (Lipinski definition) is 4. The highest BCUT2D eigenvalue weighted by molar-refractivity contribution is 8.06. The number of nitrogens with zero attached hydrogens (tertiary/aromatic N) is 1. The van der Waals surface area contributed by atoms with E-state index in [2.05, 4.69) is 23.1 Å². The van der Waals surface area contributed by atoms with Gasteiger partial charge in [0, 0.05) is 34.7 Å². The van der Waals surface area contributed by atoms with Gasteiger partial charge < -0.3 is 5.32 Å². The van der Waals surface area contributed by atoms with E-state index in [-0.39, 0.29) is 0 Å². The first-order valence-electron chi connectivity index (χ1n) is 5.32. The number of anilines is 1. The van der Waals surface area contributed by atoms with E-state index in [4.69, 9.17) is 5.26 Å². The molecule has 1 aliphatic rings. The van der Waals surface area contributed by atoms with Gasteiger partial charge in [0.25, 0.3) is 0 Å². The van der Waals surface area contributed by atoms with Crippen LogP contribution in [0.4, 0.5) is 5.69 Å². The van der Waals surface area contributed by atoms with Crippen molar-refractivity contribution in [3.63, 3.8) is 0 Å². The van der Waals surface area contributed by atoms with Crippen molar-refractivity contribution in [2.45, 2.75) is 5.25 Å². The number of rotatable bonds is 3. The normalized spacial score (nSPS) is 20.1. The molecular formula is C12H14N2S2. The Balaban J connectivity index is 1.82. The Labute approximate surface area is 105 Å². The summed E-state index contributed by atoms with van der Waals surface area (Å²) >= 11 is 4.09. The molecule has 0 saturated carbocycles. The Morgan fingerprint density at radius 3 is 2.75 bits per heavy atom. The fourth-order valence-electron chi connectivity index (χ4n) is 1.55. The minimum absolute atomic E-state index is 0.716. The summed E-state index contributed by atoms with van der Waals surface area (Å²) in [7, 11) is 0. The van der Waals surface area contributed by atoms with Crippen molar-refractivity contribution in [3.05, 3.63) is 29.8 Å². The van der Waals surface area contributed by atoms with Crippen LogP contribution in [0.3, 0.4) is 0 Å². The van der Waals surface area contributed by atoms with Gasteiger partial charge in [0.2, 0.25) is 0 Å². The molecule has 2 nitrogen and oxygen atoms in total. The van der Waals surface area contributed by atoms with Crippen LogP contribution in [0.5, 0.6) is 0 Å². The van der Waals surface area contributed by atoms with Crippen LogP contribution in [0.15, 0.2) is 24.3 Å². The molecule has 1 aliphatic heterocycles. The van der Waals surface area contributed by atoms with E-state index in [0.29, 0.717) is 5.56 Å². The molecule has 0 aliphatic carbocycles. The van der Waals surface area contributed by atoms with E-state index in [9.17, 15) is 0 Å². The molecule has 1 saturated heterocycles. The molecule has 16 heavy (non-hydrogen) atoms. The number of thioether (sulfide) groups is 2. The Kier molecular flexibility index (Phi) is 4.44. The Bertz CT molecular complexity index is 364. The van der Waals surface area contributed by atoms with E-state index in [1.54, 1.807) is 0 Å². The van der Waals surface area contributed by atoms with Crippen molar-refractivity contribution in [1.82, 2.24) is 0 Å². The van der Waals surface area contributed by atoms with Gasteiger partial charge in [-0.3, -0.25) is 0 Å². The minimum atomic E-state index is 0.716. The second kappa shape index (κ2) is 6.07. The molecule has 1 heterocycles. The van der Waals surface area contributed by atoms with Gasteiger partial charge in [0.1, 0.15) is 0 Å². The lowest BCUT2D eigenvalue weighted by atomic mass is 10.2. The molecule has 1 N–H and O–H groups in total. The van der Waals surface area contributed by atoms with E-state index in [1.807, 2.05) is 36.0 Å². The Hall–Kier alpha value is -0.790. The molecule has 0 spiro atoms. The predicted octanol–water partition coefficient (Wildman–Crippen LogP) is 2.82. The molecule has 0 radical (unpaired) electrons. The first kappa shape index (κ1) is 11.7. The van der Waals surface area contributed by atoms with E-state index < -0.39 is 0 Å². The number of nitrogens with one attached hydrogen (secondary N) is 1. The first-order valence-corrected chi connectivity index (χ1v) is 7.52. The third kappa shape index (κ3) is 3.36. The summed E-state index contributed by atoms with van der Waals surface area (Å²) < 4.78 is 0. The predicted molar refractivity (Wildman–Crippen MR) is 73.2 cm³/mol. The zero-order valence-corrected chi connectivity index (χ0v) is 10.6. The summed E-state index contributed by atoms with van der Waals surface area (Å²) in [6, 6.07) is 9.77. The maximum atomic E-state index is 8.69. The Morgan fingerprint density at radius 1 is 1.31 bits per heavy atom. The molecule has 1 fully saturated rings. The topological polar surface area (TPSA) is 35.8 Å². The van der Waals surface area contributed by atoms with E-state index >= 15 is 0 Å². The van der Waals surface area contributed by atoms with Crippen LogP contribution in [0.2, 0.25) is 0 Å². The molecule has 4 heteroatoms. The number of nitriles is 1. The van der Waals surface area contributed by atoms with Gasteiger partial charge in [0.15, 0.2) is 0 Å². The van der Waals surface area contributed by atoms with Crippen molar-refractivity contribution in [1.29, 1.82) is 5.26 Å². The molecule has 1 aromatic rings. The molecule has 2 rings (SSSR count). The quantitative estimate of drug-likeness (QED) is 0.895. The van der Waals surface area contributed by atoms with Gasteiger partial charge >= 0.3 is 0 Å². The lowest BCUT2D eigenvalue weighted by Gasteiger charge is -2.21. The summed E-state index contributed by atoms with van der Waals surface area (Å²) in [5, 5.41) is 12.8. The average molecular weight is 250 g/mol. The fraction of sp³-hybridized carbons (Fsp3) is 0.417. The van der Waals surface area contributed by atoms with Crippen molar-refractivity contribution in [2.75, 3.05) is 29.1 Å². The van der Waals surface area contributed by atoms with Gasteiger partial charge in [-0.2, -0.15) is 28.8 Å². The lowest BCUT2D eigenvalue weighted by Crippen LogP contribution is -2.23. The van der Waals surface area contributed by atoms with Crippen molar-refractivity contribution in [3.8, 4) is 6.07 Å². The van der Waals surface area contributed by atoms with E-state index in [0.717, 1.165) is 17.5 Å². The van der Waals surface area contributed by atoms with Crippen molar-refractivity contribution < 1.29 is 0 Å². The van der Waals surface area contributed by atoms with Crippen LogP contribution in [0.25, 0.3) is 0 Å². The minimum Gasteiger partial charge on any atom is -0.384 e. The number of benzene rings is 1. The maximum absolute atomic E-state index is 8.69. The van der Waals surface area contributed by atoms with Crippen LogP contribution in [-0.2, 0) is 0 Å². The zero-order valence-electron chi connectivity index (χ0n) is 8.98. The highest BCUT2D eigenvalue weighted by Crippen LogP contribution is 2.24. The molecule has 0 bridgehead atoms. The van der Waals surface area contributed by atoms with Crippen LogP contribution in [0.1, 0.15) is 5.56 Å². The lowest BCUT2D eigenvalue weighted by molar-refractivity contribution is 1.00. The molecule has 0 amide bonds. The summed E-state index contributed by atoms with van der Waals surface area (Å²) in [6.07, 6.45) is 0. The summed E-state index contributed by atoms with van der Waals surface area (Å²) in [4.78, 5) is 0. The highest BCUT2D eigenvalue weighted by Gasteiger charge is 2.13. The molecule has 0 aromatic heterocycles. The summed E-state index contributed by atoms with van der Waals surface area (Å²) in [5.74, 6) is 3.80. The van der Waals surface area contributed by atoms with Crippen molar-refractivity contribution >= 4 is 29.2 Å². The Morgan fingerprint density at radius 2 is 2.12 bits per heavy atom. The van der Waals surface area contributed by atoms with Gasteiger partial charge in [-0.1, -0.05) is 0 Å². The molecule has 1 aromatic carbocycles. The fourth-order valence-corrected chi connectivity index (χ4v) is 4.16. The third-order valence-electron chi connectivity index (χ3n) is 2.43. The monoisotopic (exact) mass is 250 g/mol. The molecular weight excluding hydrogens is 236 g/mol. The van der Waals surface area contributed by atoms with Crippen molar-refractivity contribution in [2.24, 2.45) is 0 Å². The zero-order chi connectivity index (χ0) is 11.2. The molecule has 1 atom stereocenters. The van der Waals surface area contributed by atoms with Gasteiger partial charge in [-0.05, 0) is 24.3 Å². The summed E-state index contributed by atoms with van der Waals surface area (Å²) in [6.45, 7) is 1.02. The molecule has 1 unspecified atom stereocenters. The SMILES string of the molecule is N#Cc1ccc(NCC2CSCCS2)cc1. The molecule has 84 valence electrons. The first-order chi connectivity index (χ1) is 7.88. The number of hydrogen-bond donors (Lipinski definition) is 1. The van der Waals surface area contributed by atoms with Crippen LogP contribution in [-0.4, -0.2) is 29.1 Å². The van der Waals surface area contributed by atoms with E-state index in [1.165, 1.54) is 17.3 Å². The standard InChI is InChI=1S/C12H14N2S2/c13-7-10-1-3-11(4-2-10)14-8-12-9-15-5-6-16-12/h1-4,12,14H,5-6,8-9H2. The second-order valence-electron chi connectivity index (χ2n) is 3.64. The summed E-state index contributed by atoms with van der Waals surface area (Å²) in [5.41, 5.74) is 1.82. The average Bonchev–Trinajstić information content (AvgIpc) is 2.38. The second-order valence-corrected chi connectivity index (χ2v) is 6.20. The highest BCUT2D eigenvalue weighted by atomic mass is 32.2. The van der Waals surface area contributed by atoms with Crippen LogP contribution in [0, 0.1) is 11.3 Å². The van der Waals surface area contributed by atoms with Crippen LogP contribution >= 0.6 is 23.5 Å². The maximum Gasteiger partial charge on any atom is 0.0991 e. The smallest absolute Gasteiger partial charge is 0.0991 e. The van der Waals surface area contributed by atoms with Gasteiger partial charge in [0.05, 0.1) is 11.6 Å². The van der Waals surface area contributed by atoms with Crippen LogP contribution < -0.4 is 5.32 Å². The van der Waals surface area contributed by atoms with Gasteiger partial charge in [-0.15, -0.1) is 0 Å². The third-order valence-corrected chi connectivity index (χ3v) is 5.28.